The monoisotopic (exact) mass is 524 g/mol. The van der Waals surface area contributed by atoms with Crippen LogP contribution in [0.2, 0.25) is 10.4 Å². The van der Waals surface area contributed by atoms with E-state index >= 15 is 0 Å². The fraction of sp³-hybridized carbons (Fsp3) is 0.333. The summed E-state index contributed by atoms with van der Waals surface area (Å²) < 4.78 is 28.9. The maximum Gasteiger partial charge on any atom is 0.335 e. The van der Waals surface area contributed by atoms with E-state index in [1.165, 1.54) is 0 Å². The summed E-state index contributed by atoms with van der Waals surface area (Å²) in [5.74, 6) is 0.498. The van der Waals surface area contributed by atoms with Crippen molar-refractivity contribution in [1.82, 2.24) is 4.98 Å². The van der Waals surface area contributed by atoms with Gasteiger partial charge in [0.1, 0.15) is 11.5 Å². The number of hydrogen-bond donors (Lipinski definition) is 1. The van der Waals surface area contributed by atoms with Crippen LogP contribution >= 0.6 is 30.8 Å². The highest BCUT2D eigenvalue weighted by Crippen LogP contribution is 2.51. The molecule has 0 unspecified atom stereocenters. The third kappa shape index (κ3) is 7.69. The van der Waals surface area contributed by atoms with E-state index < -0.39 is 7.60 Å². The van der Waals surface area contributed by atoms with Crippen molar-refractivity contribution < 1.29 is 22.8 Å². The van der Waals surface area contributed by atoms with Crippen molar-refractivity contribution in [3.63, 3.8) is 0 Å². The van der Waals surface area contributed by atoms with Crippen molar-refractivity contribution in [3.05, 3.63) is 70.2 Å². The molecule has 0 aliphatic rings. The molecule has 0 saturated heterocycles. The molecule has 34 heavy (non-hydrogen) atoms. The number of aryl methyl sites for hydroxylation is 1. The molecule has 0 aliphatic heterocycles. The van der Waals surface area contributed by atoms with Crippen LogP contribution in [0, 0.1) is 0 Å². The SMILES string of the molecule is CCOP(=O)(Cc1ccc(NC(=O)CCCc2oc(Cl)nc2-c2ccc(Cl)cc2)cc1)OCC. The number of halogens is 2. The van der Waals surface area contributed by atoms with Gasteiger partial charge in [-0.1, -0.05) is 35.9 Å². The molecule has 0 bridgehead atoms. The highest BCUT2D eigenvalue weighted by Gasteiger charge is 2.24. The Hall–Kier alpha value is -2.15. The number of oxazole rings is 1. The topological polar surface area (TPSA) is 90.7 Å². The second-order valence-electron chi connectivity index (χ2n) is 7.45. The van der Waals surface area contributed by atoms with Gasteiger partial charge in [0, 0.05) is 29.1 Å². The average molecular weight is 525 g/mol. The van der Waals surface area contributed by atoms with E-state index in [9.17, 15) is 9.36 Å². The summed E-state index contributed by atoms with van der Waals surface area (Å²) in [5.41, 5.74) is 2.95. The Bertz CT molecular complexity index is 1120. The van der Waals surface area contributed by atoms with Crippen LogP contribution in [0.5, 0.6) is 0 Å². The van der Waals surface area contributed by atoms with Crippen molar-refractivity contribution in [2.75, 3.05) is 18.5 Å². The van der Waals surface area contributed by atoms with E-state index in [4.69, 9.17) is 36.7 Å². The molecule has 1 amide bonds. The van der Waals surface area contributed by atoms with Gasteiger partial charge in [-0.25, -0.2) is 0 Å². The molecule has 0 radical (unpaired) electrons. The second kappa shape index (κ2) is 12.5. The molecule has 1 N–H and O–H groups in total. The number of rotatable bonds is 12. The molecule has 1 aromatic heterocycles. The van der Waals surface area contributed by atoms with E-state index in [1.54, 1.807) is 50.2 Å². The van der Waals surface area contributed by atoms with E-state index in [2.05, 4.69) is 10.3 Å². The van der Waals surface area contributed by atoms with Crippen LogP contribution in [0.3, 0.4) is 0 Å². The Morgan fingerprint density at radius 1 is 1.03 bits per heavy atom. The zero-order chi connectivity index (χ0) is 24.6. The molecule has 7 nitrogen and oxygen atoms in total. The summed E-state index contributed by atoms with van der Waals surface area (Å²) in [6.07, 6.45) is 1.54. The lowest BCUT2D eigenvalue weighted by molar-refractivity contribution is -0.116. The fourth-order valence-electron chi connectivity index (χ4n) is 3.40. The van der Waals surface area contributed by atoms with Crippen LogP contribution < -0.4 is 5.32 Å². The zero-order valence-corrected chi connectivity index (χ0v) is 21.5. The fourth-order valence-corrected chi connectivity index (χ4v) is 5.40. The van der Waals surface area contributed by atoms with Crippen molar-refractivity contribution in [1.29, 1.82) is 0 Å². The molecular weight excluding hydrogens is 498 g/mol. The number of carbonyl (C=O) groups is 1. The van der Waals surface area contributed by atoms with Gasteiger partial charge < -0.3 is 18.8 Å². The maximum absolute atomic E-state index is 12.7. The van der Waals surface area contributed by atoms with Crippen molar-refractivity contribution in [2.24, 2.45) is 0 Å². The number of anilines is 1. The molecule has 0 saturated carbocycles. The Kier molecular flexibility index (Phi) is 9.74. The number of nitrogens with one attached hydrogen (secondary N) is 1. The van der Waals surface area contributed by atoms with Crippen LogP contribution in [0.15, 0.2) is 52.9 Å². The van der Waals surface area contributed by atoms with Crippen molar-refractivity contribution >= 4 is 42.4 Å². The molecule has 10 heteroatoms. The smallest absolute Gasteiger partial charge is 0.335 e. The van der Waals surface area contributed by atoms with Gasteiger partial charge in [0.15, 0.2) is 0 Å². The largest absolute Gasteiger partial charge is 0.432 e. The number of benzene rings is 2. The standard InChI is InChI=1S/C24H27Cl2N2O5P/c1-3-31-34(30,32-4-2)16-17-8-14-20(15-9-17)27-22(29)7-5-6-21-23(28-24(26)33-21)18-10-12-19(25)13-11-18/h8-15H,3-7,16H2,1-2H3,(H,27,29). The summed E-state index contributed by atoms with van der Waals surface area (Å²) >= 11 is 11.9. The van der Waals surface area contributed by atoms with Crippen LogP contribution in [0.1, 0.15) is 38.0 Å². The zero-order valence-electron chi connectivity index (χ0n) is 19.1. The Labute approximate surface area is 209 Å². The molecule has 1 heterocycles. The Morgan fingerprint density at radius 2 is 1.68 bits per heavy atom. The molecule has 2 aromatic carbocycles. The first kappa shape index (κ1) is 26.5. The third-order valence-corrected chi connectivity index (χ3v) is 7.33. The minimum Gasteiger partial charge on any atom is -0.432 e. The molecule has 3 aromatic rings. The predicted octanol–water partition coefficient (Wildman–Crippen LogP) is 7.38. The molecular formula is C24H27Cl2N2O5P. The van der Waals surface area contributed by atoms with Crippen molar-refractivity contribution in [3.8, 4) is 11.3 Å². The Morgan fingerprint density at radius 3 is 2.29 bits per heavy atom. The van der Waals surface area contributed by atoms with Gasteiger partial charge in [0.05, 0.1) is 19.4 Å². The molecule has 182 valence electrons. The summed E-state index contributed by atoms with van der Waals surface area (Å²) in [6.45, 7) is 4.18. The summed E-state index contributed by atoms with van der Waals surface area (Å²) in [4.78, 5) is 16.7. The Balaban J connectivity index is 1.52. The van der Waals surface area contributed by atoms with E-state index in [0.29, 0.717) is 54.6 Å². The highest BCUT2D eigenvalue weighted by molar-refractivity contribution is 7.53. The lowest BCUT2D eigenvalue weighted by Crippen LogP contribution is -2.11. The number of hydrogen-bond acceptors (Lipinski definition) is 6. The molecule has 0 spiro atoms. The normalized spacial score (nSPS) is 11.5. The maximum atomic E-state index is 12.7. The third-order valence-electron chi connectivity index (χ3n) is 4.86. The van der Waals surface area contributed by atoms with Crippen molar-refractivity contribution in [2.45, 2.75) is 39.3 Å². The van der Waals surface area contributed by atoms with Gasteiger partial charge in [0.25, 0.3) is 5.35 Å². The van der Waals surface area contributed by atoms with Gasteiger partial charge in [-0.3, -0.25) is 9.36 Å². The minimum absolute atomic E-state index is 0.0581. The van der Waals surface area contributed by atoms with Crippen LogP contribution in [0.25, 0.3) is 11.3 Å². The summed E-state index contributed by atoms with van der Waals surface area (Å²) in [7, 11) is -3.17. The first-order chi connectivity index (χ1) is 16.3. The summed E-state index contributed by atoms with van der Waals surface area (Å²) in [6, 6.07) is 14.4. The second-order valence-corrected chi connectivity index (χ2v) is 10.3. The lowest BCUT2D eigenvalue weighted by Gasteiger charge is -2.17. The lowest BCUT2D eigenvalue weighted by atomic mass is 10.1. The van der Waals surface area contributed by atoms with E-state index in [1.807, 2.05) is 12.1 Å². The van der Waals surface area contributed by atoms with Crippen LogP contribution in [-0.2, 0) is 31.0 Å². The van der Waals surface area contributed by atoms with Gasteiger partial charge >= 0.3 is 7.60 Å². The van der Waals surface area contributed by atoms with Gasteiger partial charge in [-0.15, -0.1) is 0 Å². The highest BCUT2D eigenvalue weighted by atomic mass is 35.5. The molecule has 0 atom stereocenters. The molecule has 0 aliphatic carbocycles. The van der Waals surface area contributed by atoms with Gasteiger partial charge in [0.2, 0.25) is 5.91 Å². The van der Waals surface area contributed by atoms with E-state index in [0.717, 1.165) is 11.1 Å². The quantitative estimate of drug-likeness (QED) is 0.248. The average Bonchev–Trinajstić information content (AvgIpc) is 3.16. The molecule has 0 fully saturated rings. The van der Waals surface area contributed by atoms with Crippen LogP contribution in [0.4, 0.5) is 5.69 Å². The number of amides is 1. The molecule has 3 rings (SSSR count). The first-order valence-electron chi connectivity index (χ1n) is 11.0. The van der Waals surface area contributed by atoms with Crippen LogP contribution in [-0.4, -0.2) is 24.1 Å². The van der Waals surface area contributed by atoms with Gasteiger partial charge in [-0.05, 0) is 61.7 Å². The first-order valence-corrected chi connectivity index (χ1v) is 13.5. The minimum atomic E-state index is -3.17. The summed E-state index contributed by atoms with van der Waals surface area (Å²) in [5, 5.41) is 3.55. The number of nitrogens with zero attached hydrogens (tertiary/aromatic N) is 1. The number of aromatic nitrogens is 1. The predicted molar refractivity (Wildman–Crippen MR) is 135 cm³/mol. The van der Waals surface area contributed by atoms with Gasteiger partial charge in [-0.2, -0.15) is 4.98 Å². The van der Waals surface area contributed by atoms with E-state index in [-0.39, 0.29) is 17.4 Å². The number of carbonyl (C=O) groups excluding carboxylic acids is 1.